The van der Waals surface area contributed by atoms with Gasteiger partial charge in [-0.05, 0) is 13.0 Å². The summed E-state index contributed by atoms with van der Waals surface area (Å²) < 4.78 is 13.0. The largest absolute Gasteiger partial charge is 0.465 e. The van der Waals surface area contributed by atoms with Crippen molar-refractivity contribution in [2.24, 2.45) is 5.92 Å². The molecule has 1 aliphatic rings. The maximum atomic E-state index is 13.0. The molecule has 1 fully saturated rings. The number of hydrogen-bond acceptors (Lipinski definition) is 2. The predicted molar refractivity (Wildman–Crippen MR) is 41.9 cm³/mol. The Balaban J connectivity index is 2.24. The van der Waals surface area contributed by atoms with Crippen LogP contribution in [0.3, 0.4) is 0 Å². The van der Waals surface area contributed by atoms with E-state index in [0.717, 1.165) is 6.54 Å². The molecule has 0 aromatic carbocycles. The quantitative estimate of drug-likeness (QED) is 0.563. The molecule has 1 aliphatic heterocycles. The van der Waals surface area contributed by atoms with Gasteiger partial charge in [0.05, 0.1) is 0 Å². The lowest BCUT2D eigenvalue weighted by atomic mass is 9.96. The van der Waals surface area contributed by atoms with Gasteiger partial charge < -0.3 is 15.7 Å². The van der Waals surface area contributed by atoms with Crippen LogP contribution in [0, 0.1) is 5.92 Å². The lowest BCUT2D eigenvalue weighted by Crippen LogP contribution is -2.43. The number of hydrogen-bond donors (Lipinski definition) is 3. The zero-order valence-electron chi connectivity index (χ0n) is 6.72. The van der Waals surface area contributed by atoms with Crippen LogP contribution in [0.4, 0.5) is 9.18 Å². The Kier molecular flexibility index (Phi) is 3.28. The Morgan fingerprint density at radius 2 is 2.50 bits per heavy atom. The molecule has 0 aliphatic carbocycles. The molecule has 0 saturated carbocycles. The maximum Gasteiger partial charge on any atom is 0.404 e. The molecule has 4 nitrogen and oxygen atoms in total. The summed E-state index contributed by atoms with van der Waals surface area (Å²) in [6, 6.07) is 0. The van der Waals surface area contributed by atoms with Crippen LogP contribution in [0.5, 0.6) is 0 Å². The topological polar surface area (TPSA) is 61.4 Å². The van der Waals surface area contributed by atoms with Crippen molar-refractivity contribution >= 4 is 6.09 Å². The van der Waals surface area contributed by atoms with Crippen molar-refractivity contribution in [3.63, 3.8) is 0 Å². The van der Waals surface area contributed by atoms with Crippen molar-refractivity contribution < 1.29 is 14.3 Å². The van der Waals surface area contributed by atoms with Crippen molar-refractivity contribution in [3.8, 4) is 0 Å². The second-order valence-corrected chi connectivity index (χ2v) is 2.95. The summed E-state index contributed by atoms with van der Waals surface area (Å²) in [6.45, 7) is 1.33. The number of nitrogens with one attached hydrogen (secondary N) is 2. The molecule has 0 aromatic rings. The lowest BCUT2D eigenvalue weighted by Gasteiger charge is -2.26. The second-order valence-electron chi connectivity index (χ2n) is 2.95. The zero-order valence-corrected chi connectivity index (χ0v) is 6.72. The molecule has 1 rings (SSSR count). The van der Waals surface area contributed by atoms with E-state index in [0.29, 0.717) is 13.0 Å². The highest BCUT2D eigenvalue weighted by molar-refractivity contribution is 5.64. The van der Waals surface area contributed by atoms with Crippen molar-refractivity contribution in [2.45, 2.75) is 12.6 Å². The van der Waals surface area contributed by atoms with Crippen molar-refractivity contribution in [2.75, 3.05) is 19.6 Å². The first-order chi connectivity index (χ1) is 5.70. The Morgan fingerprint density at radius 3 is 3.08 bits per heavy atom. The third kappa shape index (κ3) is 2.65. The maximum absolute atomic E-state index is 13.0. The van der Waals surface area contributed by atoms with E-state index in [4.69, 9.17) is 5.11 Å². The molecule has 1 heterocycles. The van der Waals surface area contributed by atoms with Crippen LogP contribution in [0.1, 0.15) is 6.42 Å². The molecule has 0 bridgehead atoms. The van der Waals surface area contributed by atoms with E-state index in [1.807, 2.05) is 0 Å². The minimum Gasteiger partial charge on any atom is -0.465 e. The molecule has 1 saturated heterocycles. The highest BCUT2D eigenvalue weighted by Gasteiger charge is 2.24. The van der Waals surface area contributed by atoms with Crippen LogP contribution < -0.4 is 10.6 Å². The normalized spacial score (nSPS) is 29.8. The fourth-order valence-corrected chi connectivity index (χ4v) is 1.32. The van der Waals surface area contributed by atoms with Gasteiger partial charge in [0.15, 0.2) is 0 Å². The van der Waals surface area contributed by atoms with Crippen molar-refractivity contribution in [1.29, 1.82) is 0 Å². The van der Waals surface area contributed by atoms with Crippen LogP contribution in [-0.2, 0) is 0 Å². The summed E-state index contributed by atoms with van der Waals surface area (Å²) in [4.78, 5) is 10.1. The fourth-order valence-electron chi connectivity index (χ4n) is 1.32. The van der Waals surface area contributed by atoms with E-state index in [1.54, 1.807) is 0 Å². The van der Waals surface area contributed by atoms with E-state index in [1.165, 1.54) is 0 Å². The molecule has 1 amide bonds. The SMILES string of the molecule is O=C(O)NC[C@H]1CCNC[C@@H]1F. The van der Waals surface area contributed by atoms with Crippen molar-refractivity contribution in [3.05, 3.63) is 0 Å². The number of rotatable bonds is 2. The average Bonchev–Trinajstić information content (AvgIpc) is 2.03. The summed E-state index contributed by atoms with van der Waals surface area (Å²) in [6.07, 6.45) is -1.31. The number of piperidine rings is 1. The van der Waals surface area contributed by atoms with Gasteiger partial charge in [0.2, 0.25) is 0 Å². The molecule has 5 heteroatoms. The van der Waals surface area contributed by atoms with Crippen LogP contribution >= 0.6 is 0 Å². The van der Waals surface area contributed by atoms with Gasteiger partial charge in [-0.2, -0.15) is 0 Å². The van der Waals surface area contributed by atoms with Gasteiger partial charge in [-0.3, -0.25) is 0 Å². The Morgan fingerprint density at radius 1 is 1.75 bits per heavy atom. The highest BCUT2D eigenvalue weighted by Crippen LogP contribution is 2.14. The van der Waals surface area contributed by atoms with Crippen LogP contribution in [0.15, 0.2) is 0 Å². The Bertz CT molecular complexity index is 165. The standard InChI is InChI=1S/C7H13FN2O2/c8-6-4-9-2-1-5(6)3-10-7(11)12/h5-6,9-10H,1-4H2,(H,11,12)/t5-,6+/m1/s1. The van der Waals surface area contributed by atoms with E-state index >= 15 is 0 Å². The first kappa shape index (κ1) is 9.25. The zero-order chi connectivity index (χ0) is 8.97. The molecule has 0 aromatic heterocycles. The van der Waals surface area contributed by atoms with Crippen LogP contribution in [-0.4, -0.2) is 37.0 Å². The third-order valence-electron chi connectivity index (χ3n) is 2.06. The molecule has 70 valence electrons. The van der Waals surface area contributed by atoms with Gasteiger partial charge in [0.1, 0.15) is 6.17 Å². The summed E-state index contributed by atoms with van der Waals surface area (Å²) in [5.74, 6) is -0.164. The van der Waals surface area contributed by atoms with E-state index in [9.17, 15) is 9.18 Å². The summed E-state index contributed by atoms with van der Waals surface area (Å²) in [5.41, 5.74) is 0. The number of alkyl halides is 1. The third-order valence-corrected chi connectivity index (χ3v) is 2.06. The molecular formula is C7H13FN2O2. The van der Waals surface area contributed by atoms with Crippen LogP contribution in [0.2, 0.25) is 0 Å². The van der Waals surface area contributed by atoms with Gasteiger partial charge in [-0.1, -0.05) is 0 Å². The van der Waals surface area contributed by atoms with Gasteiger partial charge in [0.25, 0.3) is 0 Å². The van der Waals surface area contributed by atoms with Crippen LogP contribution in [0.25, 0.3) is 0 Å². The Labute approximate surface area is 70.1 Å². The molecule has 2 atom stereocenters. The summed E-state index contributed by atoms with van der Waals surface area (Å²) in [5, 5.41) is 13.4. The summed E-state index contributed by atoms with van der Waals surface area (Å²) >= 11 is 0. The minimum absolute atomic E-state index is 0.164. The summed E-state index contributed by atoms with van der Waals surface area (Å²) in [7, 11) is 0. The number of carboxylic acid groups (broad SMARTS) is 1. The van der Waals surface area contributed by atoms with E-state index in [2.05, 4.69) is 10.6 Å². The van der Waals surface area contributed by atoms with Gasteiger partial charge in [0, 0.05) is 19.0 Å². The first-order valence-corrected chi connectivity index (χ1v) is 4.01. The number of carbonyl (C=O) groups is 1. The Hall–Kier alpha value is -0.840. The number of amides is 1. The van der Waals surface area contributed by atoms with Gasteiger partial charge >= 0.3 is 6.09 Å². The molecule has 0 spiro atoms. The van der Waals surface area contributed by atoms with Gasteiger partial charge in [-0.15, -0.1) is 0 Å². The smallest absolute Gasteiger partial charge is 0.404 e. The number of halogens is 1. The first-order valence-electron chi connectivity index (χ1n) is 4.01. The fraction of sp³-hybridized carbons (Fsp3) is 0.857. The van der Waals surface area contributed by atoms with E-state index in [-0.39, 0.29) is 12.5 Å². The highest BCUT2D eigenvalue weighted by atomic mass is 19.1. The molecular weight excluding hydrogens is 163 g/mol. The molecule has 0 radical (unpaired) electrons. The average molecular weight is 176 g/mol. The second kappa shape index (κ2) is 4.25. The molecule has 0 unspecified atom stereocenters. The van der Waals surface area contributed by atoms with E-state index < -0.39 is 12.3 Å². The molecule has 3 N–H and O–H groups in total. The van der Waals surface area contributed by atoms with Gasteiger partial charge in [-0.25, -0.2) is 9.18 Å². The lowest BCUT2D eigenvalue weighted by molar-refractivity contribution is 0.164. The monoisotopic (exact) mass is 176 g/mol. The molecule has 12 heavy (non-hydrogen) atoms. The predicted octanol–water partition coefficient (Wildman–Crippen LogP) is 0.202. The van der Waals surface area contributed by atoms with Crippen molar-refractivity contribution in [1.82, 2.24) is 10.6 Å². The minimum atomic E-state index is -1.08.